The predicted molar refractivity (Wildman–Crippen MR) is 164 cm³/mol. The maximum atomic E-state index is 11.5. The lowest BCUT2D eigenvalue weighted by molar-refractivity contribution is -0.305. The Labute approximate surface area is 254 Å². The molecule has 0 aliphatic carbocycles. The molecule has 0 radical (unpaired) electrons. The van der Waals surface area contributed by atoms with E-state index in [0.717, 1.165) is 19.3 Å². The first-order valence-corrected chi connectivity index (χ1v) is 16.4. The average Bonchev–Trinajstić information content (AvgIpc) is 2.97. The Balaban J connectivity index is 2.00. The number of aliphatic hydroxyl groups excluding tert-OH is 4. The van der Waals surface area contributed by atoms with Crippen LogP contribution >= 0.6 is 0 Å². The van der Waals surface area contributed by atoms with E-state index < -0.39 is 49.4 Å². The van der Waals surface area contributed by atoms with Gasteiger partial charge in [0.05, 0.1) is 19.8 Å². The minimum Gasteiger partial charge on any atom is -0.458 e. The van der Waals surface area contributed by atoms with E-state index in [1.54, 1.807) is 0 Å². The smallest absolute Gasteiger partial charge is 0.303 e. The summed E-state index contributed by atoms with van der Waals surface area (Å²) in [5.41, 5.74) is 0. The van der Waals surface area contributed by atoms with Crippen LogP contribution in [0, 0.1) is 0 Å². The van der Waals surface area contributed by atoms with E-state index in [1.165, 1.54) is 90.4 Å². The number of carbonyl (C=O) groups excluding carboxylic acids is 1. The van der Waals surface area contributed by atoms with E-state index in [0.29, 0.717) is 6.61 Å². The van der Waals surface area contributed by atoms with Gasteiger partial charge in [0.25, 0.3) is 0 Å². The van der Waals surface area contributed by atoms with Crippen LogP contribution in [0.3, 0.4) is 0 Å². The first-order chi connectivity index (χ1) is 20.4. The van der Waals surface area contributed by atoms with Crippen molar-refractivity contribution in [3.8, 4) is 0 Å². The number of hydrogen-bond acceptors (Lipinski definition) is 9. The normalized spacial score (nSPS) is 23.6. The van der Waals surface area contributed by atoms with Gasteiger partial charge in [-0.2, -0.15) is 0 Å². The zero-order chi connectivity index (χ0) is 30.8. The second-order valence-corrected chi connectivity index (χ2v) is 11.3. The number of ether oxygens (including phenoxy) is 4. The van der Waals surface area contributed by atoms with Gasteiger partial charge in [-0.05, 0) is 38.5 Å². The summed E-state index contributed by atoms with van der Waals surface area (Å²) in [5.74, 6) is -0.491. The molecule has 1 fully saturated rings. The van der Waals surface area contributed by atoms with E-state index in [4.69, 9.17) is 18.9 Å². The molecule has 6 atom stereocenters. The van der Waals surface area contributed by atoms with E-state index in [2.05, 4.69) is 31.2 Å². The van der Waals surface area contributed by atoms with E-state index >= 15 is 0 Å². The van der Waals surface area contributed by atoms with Gasteiger partial charge in [0.2, 0.25) is 0 Å². The maximum absolute atomic E-state index is 11.5. The molecule has 1 aliphatic rings. The van der Waals surface area contributed by atoms with E-state index in [-0.39, 0.29) is 13.2 Å². The van der Waals surface area contributed by atoms with Gasteiger partial charge in [0, 0.05) is 13.5 Å². The molecule has 1 rings (SSSR count). The Morgan fingerprint density at radius 3 is 1.90 bits per heavy atom. The largest absolute Gasteiger partial charge is 0.458 e. The molecule has 0 spiro atoms. The standard InChI is InChI=1S/C33H60O9/c1-3-4-5-6-7-8-9-10-11-12-13-14-15-16-17-18-19-20-21-22-23-39-25-28(41-27(2)35)26-40-33-32(38)31(37)30(36)29(24-34)42-33/h7-8,10-11,28-34,36-38H,3-6,9,12-26H2,1-2H3/b8-7-,11-10-. The zero-order valence-corrected chi connectivity index (χ0v) is 26.2. The Morgan fingerprint density at radius 2 is 1.33 bits per heavy atom. The van der Waals surface area contributed by atoms with Gasteiger partial charge in [0.15, 0.2) is 6.29 Å². The molecular weight excluding hydrogens is 540 g/mol. The highest BCUT2D eigenvalue weighted by Crippen LogP contribution is 2.22. The van der Waals surface area contributed by atoms with Crippen molar-refractivity contribution in [1.29, 1.82) is 0 Å². The lowest BCUT2D eigenvalue weighted by atomic mass is 9.99. The molecule has 0 bridgehead atoms. The van der Waals surface area contributed by atoms with Crippen LogP contribution in [0.2, 0.25) is 0 Å². The highest BCUT2D eigenvalue weighted by molar-refractivity contribution is 5.66. The molecule has 42 heavy (non-hydrogen) atoms. The minimum absolute atomic E-state index is 0.128. The van der Waals surface area contributed by atoms with E-state index in [9.17, 15) is 25.2 Å². The van der Waals surface area contributed by atoms with Gasteiger partial charge in [0.1, 0.15) is 30.5 Å². The second kappa shape index (κ2) is 26.1. The van der Waals surface area contributed by atoms with Crippen molar-refractivity contribution >= 4 is 5.97 Å². The summed E-state index contributed by atoms with van der Waals surface area (Å²) in [5, 5.41) is 39.1. The van der Waals surface area contributed by atoms with Crippen molar-refractivity contribution in [2.45, 2.75) is 153 Å². The SMILES string of the molecule is CCCCC/C=C\C/C=C\CCCCCCCCCCCCOCC(COC1OC(CO)C(O)C(O)C1O)OC(C)=O. The summed E-state index contributed by atoms with van der Waals surface area (Å²) in [7, 11) is 0. The van der Waals surface area contributed by atoms with Crippen molar-refractivity contribution in [2.75, 3.05) is 26.4 Å². The molecule has 0 aromatic carbocycles. The molecule has 0 amide bonds. The number of allylic oxidation sites excluding steroid dienone is 4. The van der Waals surface area contributed by atoms with Gasteiger partial charge in [-0.25, -0.2) is 0 Å². The fourth-order valence-corrected chi connectivity index (χ4v) is 4.87. The monoisotopic (exact) mass is 600 g/mol. The summed E-state index contributed by atoms with van der Waals surface area (Å²) >= 11 is 0. The third-order valence-electron chi connectivity index (χ3n) is 7.42. The molecule has 0 aromatic rings. The summed E-state index contributed by atoms with van der Waals surface area (Å²) in [6.45, 7) is 3.52. The fourth-order valence-electron chi connectivity index (χ4n) is 4.87. The third kappa shape index (κ3) is 19.1. The molecule has 9 nitrogen and oxygen atoms in total. The highest BCUT2D eigenvalue weighted by atomic mass is 16.7. The maximum Gasteiger partial charge on any atom is 0.303 e. The zero-order valence-electron chi connectivity index (χ0n) is 26.2. The Morgan fingerprint density at radius 1 is 0.762 bits per heavy atom. The van der Waals surface area contributed by atoms with Crippen molar-refractivity contribution in [3.63, 3.8) is 0 Å². The van der Waals surface area contributed by atoms with Crippen LogP contribution in [0.1, 0.15) is 117 Å². The number of hydrogen-bond donors (Lipinski definition) is 4. The Hall–Kier alpha value is -1.33. The molecule has 4 N–H and O–H groups in total. The molecule has 246 valence electrons. The minimum atomic E-state index is -1.53. The number of aliphatic hydroxyl groups is 4. The lowest BCUT2D eigenvalue weighted by Crippen LogP contribution is -2.59. The van der Waals surface area contributed by atoms with Gasteiger partial charge in [-0.1, -0.05) is 95.4 Å². The van der Waals surface area contributed by atoms with Crippen LogP contribution in [0.5, 0.6) is 0 Å². The van der Waals surface area contributed by atoms with Gasteiger partial charge >= 0.3 is 5.97 Å². The predicted octanol–water partition coefficient (Wildman–Crippen LogP) is 5.13. The summed E-state index contributed by atoms with van der Waals surface area (Å²) < 4.78 is 21.7. The molecule has 9 heteroatoms. The fraction of sp³-hybridized carbons (Fsp3) is 0.848. The average molecular weight is 601 g/mol. The molecule has 1 aliphatic heterocycles. The van der Waals surface area contributed by atoms with Crippen LogP contribution in [0.15, 0.2) is 24.3 Å². The lowest BCUT2D eigenvalue weighted by Gasteiger charge is -2.39. The number of esters is 1. The number of carbonyl (C=O) groups is 1. The molecule has 0 saturated carbocycles. The van der Waals surface area contributed by atoms with Crippen molar-refractivity contribution in [2.24, 2.45) is 0 Å². The van der Waals surface area contributed by atoms with Gasteiger partial charge in [-0.3, -0.25) is 4.79 Å². The van der Waals surface area contributed by atoms with Gasteiger partial charge in [-0.15, -0.1) is 0 Å². The Bertz CT molecular complexity index is 697. The van der Waals surface area contributed by atoms with Crippen LogP contribution in [-0.2, 0) is 23.7 Å². The molecule has 1 saturated heterocycles. The van der Waals surface area contributed by atoms with Crippen LogP contribution < -0.4 is 0 Å². The molecule has 0 aromatic heterocycles. The second-order valence-electron chi connectivity index (χ2n) is 11.3. The van der Waals surface area contributed by atoms with Crippen molar-refractivity contribution < 1.29 is 44.2 Å². The topological polar surface area (TPSA) is 135 Å². The molecule has 1 heterocycles. The highest BCUT2D eigenvalue weighted by Gasteiger charge is 2.44. The Kier molecular flexibility index (Phi) is 24.1. The van der Waals surface area contributed by atoms with Gasteiger partial charge < -0.3 is 39.4 Å². The third-order valence-corrected chi connectivity index (χ3v) is 7.42. The summed E-state index contributed by atoms with van der Waals surface area (Å²) in [4.78, 5) is 11.5. The van der Waals surface area contributed by atoms with Crippen LogP contribution in [0.25, 0.3) is 0 Å². The quantitative estimate of drug-likeness (QED) is 0.0606. The van der Waals surface area contributed by atoms with Crippen molar-refractivity contribution in [1.82, 2.24) is 0 Å². The summed E-state index contributed by atoms with van der Waals surface area (Å²) in [6, 6.07) is 0. The molecular formula is C33H60O9. The summed E-state index contributed by atoms with van der Waals surface area (Å²) in [6.07, 6.45) is 21.3. The van der Waals surface area contributed by atoms with E-state index in [1.807, 2.05) is 0 Å². The number of rotatable bonds is 26. The first-order valence-electron chi connectivity index (χ1n) is 16.4. The molecule has 6 unspecified atom stereocenters. The first kappa shape index (κ1) is 38.7. The van der Waals surface area contributed by atoms with Crippen LogP contribution in [-0.4, -0.2) is 89.6 Å². The van der Waals surface area contributed by atoms with Crippen molar-refractivity contribution in [3.05, 3.63) is 24.3 Å². The van der Waals surface area contributed by atoms with Crippen LogP contribution in [0.4, 0.5) is 0 Å². The number of unbranched alkanes of at least 4 members (excludes halogenated alkanes) is 13.